The third kappa shape index (κ3) is 3.67. The van der Waals surface area contributed by atoms with Crippen LogP contribution in [-0.2, 0) is 23.7 Å². The van der Waals surface area contributed by atoms with Gasteiger partial charge in [-0.1, -0.05) is 19.1 Å². The van der Waals surface area contributed by atoms with Crippen LogP contribution >= 0.6 is 17.0 Å². The standard InChI is InChI=1S/C32H44N2O8.BrH/c1-6-34-16-29(42-28(36)18-9-7-8-10-21(18)33-17(2)35)12-11-25(40-4)31-23(29)14-20(26(31)34)30(37)15-22(39-3)19-13-24(31)32(30,38)27(19)41-5;/h7-10,19-20,22-27,37-38H,6,11-16H2,1-5H3,(H,33,35);1H/t19-,20+,22+,23?,24?,25+,26-,27+,29-,30+,31+,32+;/m1./s1. The third-order valence-electron chi connectivity index (χ3n) is 12.6. The maximum Gasteiger partial charge on any atom is 0.340 e. The fourth-order valence-electron chi connectivity index (χ4n) is 11.6. The largest absolute Gasteiger partial charge is 0.454 e. The van der Waals surface area contributed by atoms with Crippen LogP contribution in [0.4, 0.5) is 5.69 Å². The number of ether oxygens (including phenoxy) is 4. The summed E-state index contributed by atoms with van der Waals surface area (Å²) in [6.45, 7) is 4.79. The Hall–Kier alpha value is -1.60. The van der Waals surface area contributed by atoms with E-state index in [0.29, 0.717) is 56.4 Å². The number of benzene rings is 1. The average molecular weight is 666 g/mol. The first-order valence-corrected chi connectivity index (χ1v) is 15.4. The first-order chi connectivity index (χ1) is 20.1. The van der Waals surface area contributed by atoms with E-state index in [9.17, 15) is 19.8 Å². The molecule has 5 aliphatic carbocycles. The molecule has 0 aromatic heterocycles. The molecule has 238 valence electrons. The predicted octanol–water partition coefficient (Wildman–Crippen LogP) is 2.80. The van der Waals surface area contributed by atoms with Gasteiger partial charge in [-0.2, -0.15) is 0 Å². The minimum atomic E-state index is -1.48. The number of nitrogens with one attached hydrogen (secondary N) is 1. The Kier molecular flexibility index (Phi) is 7.64. The molecule has 0 radical (unpaired) electrons. The van der Waals surface area contributed by atoms with Crippen LogP contribution in [0.3, 0.4) is 0 Å². The summed E-state index contributed by atoms with van der Waals surface area (Å²) >= 11 is 0. The van der Waals surface area contributed by atoms with E-state index in [1.807, 2.05) is 0 Å². The average Bonchev–Trinajstić information content (AvgIpc) is 3.39. The number of piperidine rings is 1. The maximum atomic E-state index is 14.0. The summed E-state index contributed by atoms with van der Waals surface area (Å²) in [7, 11) is 5.05. The Morgan fingerprint density at radius 1 is 1.07 bits per heavy atom. The van der Waals surface area contributed by atoms with Crippen molar-refractivity contribution in [1.29, 1.82) is 0 Å². The van der Waals surface area contributed by atoms with Gasteiger partial charge in [0.05, 0.1) is 29.6 Å². The van der Waals surface area contributed by atoms with E-state index >= 15 is 0 Å². The van der Waals surface area contributed by atoms with Crippen molar-refractivity contribution < 1.29 is 38.7 Å². The number of amides is 1. The number of rotatable bonds is 7. The summed E-state index contributed by atoms with van der Waals surface area (Å²) in [6, 6.07) is 6.89. The lowest BCUT2D eigenvalue weighted by molar-refractivity contribution is -0.337. The highest BCUT2D eigenvalue weighted by Gasteiger charge is 2.89. The SMILES string of the molecule is Br.CCN1C[C@]2(OC(=O)c3ccccc3NC(C)=O)CC[C@H](OC)[C@@]34C2C[C@@H]([C@@H]13)[C@@]1(O)C[C@H](OC)[C@H]2CC4[C@]1(O)[C@H]2OC. The topological polar surface area (TPSA) is 127 Å². The Balaban J connectivity index is 0.00000329. The summed E-state index contributed by atoms with van der Waals surface area (Å²) in [5.74, 6) is -1.54. The first-order valence-electron chi connectivity index (χ1n) is 15.4. The molecule has 1 heterocycles. The number of hydrogen-bond acceptors (Lipinski definition) is 9. The van der Waals surface area contributed by atoms with Crippen molar-refractivity contribution in [3.05, 3.63) is 29.8 Å². The molecule has 1 amide bonds. The predicted molar refractivity (Wildman–Crippen MR) is 162 cm³/mol. The lowest BCUT2D eigenvalue weighted by Gasteiger charge is -2.70. The van der Waals surface area contributed by atoms with E-state index in [-0.39, 0.29) is 64.8 Å². The molecule has 1 aliphatic heterocycles. The number of anilines is 1. The van der Waals surface area contributed by atoms with Crippen LogP contribution in [0.2, 0.25) is 0 Å². The van der Waals surface area contributed by atoms with E-state index in [1.165, 1.54) is 6.92 Å². The van der Waals surface area contributed by atoms with Gasteiger partial charge < -0.3 is 34.5 Å². The van der Waals surface area contributed by atoms with Crippen LogP contribution in [0.1, 0.15) is 56.3 Å². The molecule has 10 nitrogen and oxygen atoms in total. The minimum Gasteiger partial charge on any atom is -0.454 e. The van der Waals surface area contributed by atoms with Crippen LogP contribution in [0, 0.1) is 29.1 Å². The molecule has 12 atom stereocenters. The number of halogens is 1. The van der Waals surface area contributed by atoms with Crippen molar-refractivity contribution in [2.45, 2.75) is 87.1 Å². The number of esters is 1. The summed E-state index contributed by atoms with van der Waals surface area (Å²) in [4.78, 5) is 28.3. The Morgan fingerprint density at radius 3 is 2.47 bits per heavy atom. The van der Waals surface area contributed by atoms with Gasteiger partial charge in [0.2, 0.25) is 5.91 Å². The van der Waals surface area contributed by atoms with Crippen LogP contribution in [-0.4, -0.2) is 103 Å². The van der Waals surface area contributed by atoms with Gasteiger partial charge in [0.1, 0.15) is 16.8 Å². The molecule has 2 unspecified atom stereocenters. The van der Waals surface area contributed by atoms with Crippen molar-refractivity contribution >= 4 is 34.5 Å². The Bertz CT molecular complexity index is 1300. The molecule has 43 heavy (non-hydrogen) atoms. The second-order valence-electron chi connectivity index (χ2n) is 13.7. The minimum absolute atomic E-state index is 0. The number of likely N-dealkylation sites (N-methyl/N-ethyl adjacent to an activating group) is 1. The number of fused-ring (bicyclic) bond motifs is 2. The molecule has 5 saturated carbocycles. The number of aliphatic hydroxyl groups is 2. The van der Waals surface area contributed by atoms with Gasteiger partial charge in [-0.05, 0) is 44.4 Å². The number of methoxy groups -OCH3 is 3. The van der Waals surface area contributed by atoms with Crippen molar-refractivity contribution in [3.63, 3.8) is 0 Å². The number of likely N-dealkylation sites (tertiary alicyclic amines) is 1. The van der Waals surface area contributed by atoms with Gasteiger partial charge in [-0.15, -0.1) is 17.0 Å². The van der Waals surface area contributed by atoms with Gasteiger partial charge in [0.25, 0.3) is 0 Å². The van der Waals surface area contributed by atoms with Crippen molar-refractivity contribution in [1.82, 2.24) is 4.90 Å². The number of carbonyl (C=O) groups excluding carboxylic acids is 2. The van der Waals surface area contributed by atoms with E-state index in [0.717, 1.165) is 0 Å². The highest BCUT2D eigenvalue weighted by Crippen LogP contribution is 2.79. The van der Waals surface area contributed by atoms with Crippen LogP contribution in [0.15, 0.2) is 24.3 Å². The number of carbonyl (C=O) groups is 2. The molecule has 1 spiro atoms. The smallest absolute Gasteiger partial charge is 0.340 e. The monoisotopic (exact) mass is 664 g/mol. The molecule has 3 N–H and O–H groups in total. The first kappa shape index (κ1) is 31.4. The molecule has 6 fully saturated rings. The van der Waals surface area contributed by atoms with E-state index in [4.69, 9.17) is 18.9 Å². The van der Waals surface area contributed by atoms with Gasteiger partial charge in [0.15, 0.2) is 0 Å². The Morgan fingerprint density at radius 2 is 1.81 bits per heavy atom. The summed E-state index contributed by atoms with van der Waals surface area (Å²) in [5.41, 5.74) is -3.57. The lowest BCUT2D eigenvalue weighted by atomic mass is 9.44. The molecule has 1 saturated heterocycles. The van der Waals surface area contributed by atoms with Crippen molar-refractivity contribution in [3.8, 4) is 0 Å². The van der Waals surface area contributed by atoms with Gasteiger partial charge in [-0.3, -0.25) is 9.69 Å². The van der Waals surface area contributed by atoms with E-state index in [2.05, 4.69) is 17.1 Å². The molecule has 6 aliphatic rings. The summed E-state index contributed by atoms with van der Waals surface area (Å²) in [5, 5.41) is 28.4. The fraction of sp³-hybridized carbons (Fsp3) is 0.750. The normalized spacial score (nSPS) is 47.0. The highest BCUT2D eigenvalue weighted by molar-refractivity contribution is 8.93. The van der Waals surface area contributed by atoms with Crippen molar-refractivity contribution in [2.24, 2.45) is 29.1 Å². The maximum absolute atomic E-state index is 14.0. The van der Waals surface area contributed by atoms with Crippen molar-refractivity contribution in [2.75, 3.05) is 39.7 Å². The van der Waals surface area contributed by atoms with Gasteiger partial charge in [0, 0.05) is 76.3 Å². The number of nitrogens with zero attached hydrogens (tertiary/aromatic N) is 1. The zero-order chi connectivity index (χ0) is 29.8. The molecule has 7 bridgehead atoms. The van der Waals surface area contributed by atoms with Crippen LogP contribution in [0.5, 0.6) is 0 Å². The summed E-state index contributed by atoms with van der Waals surface area (Å²) in [6.07, 6.45) is 1.91. The Labute approximate surface area is 263 Å². The third-order valence-corrected chi connectivity index (χ3v) is 12.6. The zero-order valence-electron chi connectivity index (χ0n) is 25.6. The lowest BCUT2D eigenvalue weighted by Crippen LogP contribution is -2.83. The van der Waals surface area contributed by atoms with Gasteiger partial charge >= 0.3 is 5.97 Å². The fourth-order valence-corrected chi connectivity index (χ4v) is 11.6. The summed E-state index contributed by atoms with van der Waals surface area (Å²) < 4.78 is 25.1. The highest BCUT2D eigenvalue weighted by atomic mass is 79.9. The molecule has 1 aromatic carbocycles. The number of para-hydroxylation sites is 1. The molecular formula is C32H45BrN2O8. The van der Waals surface area contributed by atoms with Gasteiger partial charge in [-0.25, -0.2) is 4.79 Å². The van der Waals surface area contributed by atoms with Crippen LogP contribution in [0.25, 0.3) is 0 Å². The molecule has 7 rings (SSSR count). The molecule has 1 aromatic rings. The van der Waals surface area contributed by atoms with E-state index < -0.39 is 34.3 Å². The molecular weight excluding hydrogens is 620 g/mol. The molecule has 11 heteroatoms. The quantitative estimate of drug-likeness (QED) is 0.377. The second kappa shape index (κ2) is 10.5. The van der Waals surface area contributed by atoms with Crippen LogP contribution < -0.4 is 5.32 Å². The second-order valence-corrected chi connectivity index (χ2v) is 13.7. The number of hydrogen-bond donors (Lipinski definition) is 3. The van der Waals surface area contributed by atoms with E-state index in [1.54, 1.807) is 45.6 Å². The zero-order valence-corrected chi connectivity index (χ0v) is 27.3.